The minimum Gasteiger partial charge on any atom is -0.345 e. The van der Waals surface area contributed by atoms with Gasteiger partial charge in [0.25, 0.3) is 0 Å². The van der Waals surface area contributed by atoms with Crippen LogP contribution in [0.4, 0.5) is 0 Å². The van der Waals surface area contributed by atoms with Crippen LogP contribution in [0.2, 0.25) is 0 Å². The maximum atomic E-state index is 13.4. The third-order valence-electron chi connectivity index (χ3n) is 7.16. The van der Waals surface area contributed by atoms with Crippen LogP contribution >= 0.6 is 0 Å². The summed E-state index contributed by atoms with van der Waals surface area (Å²) >= 11 is 0. The van der Waals surface area contributed by atoms with E-state index in [-0.39, 0.29) is 23.8 Å². The number of carbonyl (C=O) groups is 2. The van der Waals surface area contributed by atoms with Gasteiger partial charge in [-0.1, -0.05) is 36.8 Å². The molecule has 4 atom stereocenters. The van der Waals surface area contributed by atoms with E-state index in [2.05, 4.69) is 4.90 Å². The number of amides is 2. The molecule has 3 aliphatic heterocycles. The molecule has 28 heavy (non-hydrogen) atoms. The maximum absolute atomic E-state index is 13.4. The van der Waals surface area contributed by atoms with Crippen LogP contribution in [0.3, 0.4) is 0 Å². The minimum absolute atomic E-state index is 0.0664. The Morgan fingerprint density at radius 2 is 1.86 bits per heavy atom. The average Bonchev–Trinajstić information content (AvgIpc) is 3.03. The van der Waals surface area contributed by atoms with Gasteiger partial charge < -0.3 is 14.7 Å². The number of nitrogens with zero attached hydrogens (tertiary/aromatic N) is 3. The molecular formula is C23H33N3O2. The molecule has 3 saturated heterocycles. The summed E-state index contributed by atoms with van der Waals surface area (Å²) in [5.74, 6) is 0.472. The molecular weight excluding hydrogens is 350 g/mol. The number of likely N-dealkylation sites (tertiary alicyclic amines) is 1. The first kappa shape index (κ1) is 19.4. The van der Waals surface area contributed by atoms with E-state index in [4.69, 9.17) is 0 Å². The molecule has 5 heteroatoms. The first-order chi connectivity index (χ1) is 13.6. The number of hydrogen-bond donors (Lipinski definition) is 0. The third-order valence-corrected chi connectivity index (χ3v) is 7.16. The van der Waals surface area contributed by atoms with Crippen LogP contribution in [0.15, 0.2) is 30.3 Å². The molecule has 3 heterocycles. The Hall–Kier alpha value is -1.88. The smallest absolute Gasteiger partial charge is 0.228 e. The Balaban J connectivity index is 1.47. The van der Waals surface area contributed by atoms with Gasteiger partial charge in [0.05, 0.1) is 12.0 Å². The number of hydrogen-bond acceptors (Lipinski definition) is 3. The molecule has 3 aliphatic rings. The molecule has 3 fully saturated rings. The van der Waals surface area contributed by atoms with Gasteiger partial charge in [0, 0.05) is 33.1 Å². The molecule has 4 rings (SSSR count). The highest BCUT2D eigenvalue weighted by atomic mass is 16.2. The van der Waals surface area contributed by atoms with E-state index in [9.17, 15) is 9.59 Å². The Morgan fingerprint density at radius 1 is 1.11 bits per heavy atom. The summed E-state index contributed by atoms with van der Waals surface area (Å²) in [6, 6.07) is 10.5. The van der Waals surface area contributed by atoms with Crippen molar-refractivity contribution in [1.29, 1.82) is 0 Å². The Bertz CT molecular complexity index is 705. The van der Waals surface area contributed by atoms with Crippen LogP contribution in [0.25, 0.3) is 0 Å². The largest absolute Gasteiger partial charge is 0.345 e. The van der Waals surface area contributed by atoms with E-state index in [0.717, 1.165) is 12.1 Å². The molecule has 0 aliphatic carbocycles. The van der Waals surface area contributed by atoms with E-state index in [1.807, 2.05) is 49.3 Å². The van der Waals surface area contributed by atoms with Crippen LogP contribution in [-0.2, 0) is 9.59 Å². The quantitative estimate of drug-likeness (QED) is 0.803. The van der Waals surface area contributed by atoms with Crippen LogP contribution in [0.5, 0.6) is 0 Å². The predicted molar refractivity (Wildman–Crippen MR) is 110 cm³/mol. The number of carbonyl (C=O) groups excluding carboxylic acids is 2. The van der Waals surface area contributed by atoms with Crippen molar-refractivity contribution in [1.82, 2.24) is 14.7 Å². The first-order valence-electron chi connectivity index (χ1n) is 10.9. The molecule has 0 unspecified atom stereocenters. The lowest BCUT2D eigenvalue weighted by atomic mass is 9.83. The van der Waals surface area contributed by atoms with E-state index in [1.54, 1.807) is 4.90 Å². The van der Waals surface area contributed by atoms with Crippen molar-refractivity contribution in [3.8, 4) is 0 Å². The van der Waals surface area contributed by atoms with Gasteiger partial charge in [-0.25, -0.2) is 0 Å². The summed E-state index contributed by atoms with van der Waals surface area (Å²) in [5, 5.41) is 0. The molecule has 0 bridgehead atoms. The summed E-state index contributed by atoms with van der Waals surface area (Å²) in [6.07, 6.45) is 6.66. The van der Waals surface area contributed by atoms with E-state index < -0.39 is 0 Å². The van der Waals surface area contributed by atoms with Gasteiger partial charge in [0.1, 0.15) is 0 Å². The van der Waals surface area contributed by atoms with Gasteiger partial charge >= 0.3 is 0 Å². The van der Waals surface area contributed by atoms with Gasteiger partial charge in [0.2, 0.25) is 11.8 Å². The summed E-state index contributed by atoms with van der Waals surface area (Å²) in [5.41, 5.74) is 1.05. The third kappa shape index (κ3) is 3.69. The van der Waals surface area contributed by atoms with Crippen molar-refractivity contribution < 1.29 is 9.59 Å². The standard InChI is InChI=1S/C23H33N3O2/c1-24(16-18-11-8-14-26-13-7-6-12-20(18)26)23(28)19-15-21(27)25(2)22(19)17-9-4-3-5-10-17/h3-5,9-10,18-20,22H,6-8,11-16H2,1-2H3/t18-,19+,20+,22-/m0/s1. The number of piperidine rings is 2. The van der Waals surface area contributed by atoms with Crippen molar-refractivity contribution in [2.24, 2.45) is 11.8 Å². The van der Waals surface area contributed by atoms with E-state index in [0.29, 0.717) is 18.4 Å². The van der Waals surface area contributed by atoms with Crippen LogP contribution < -0.4 is 0 Å². The molecule has 152 valence electrons. The lowest BCUT2D eigenvalue weighted by Crippen LogP contribution is -2.51. The average molecular weight is 384 g/mol. The van der Waals surface area contributed by atoms with Gasteiger partial charge in [0.15, 0.2) is 0 Å². The van der Waals surface area contributed by atoms with Crippen molar-refractivity contribution in [2.45, 2.75) is 50.6 Å². The normalized spacial score (nSPS) is 30.9. The second-order valence-electron chi connectivity index (χ2n) is 8.89. The fourth-order valence-corrected chi connectivity index (χ4v) is 5.71. The number of fused-ring (bicyclic) bond motifs is 1. The Morgan fingerprint density at radius 3 is 2.64 bits per heavy atom. The zero-order valence-electron chi connectivity index (χ0n) is 17.2. The molecule has 1 aromatic carbocycles. The van der Waals surface area contributed by atoms with Gasteiger partial charge in [-0.05, 0) is 50.3 Å². The summed E-state index contributed by atoms with van der Waals surface area (Å²) < 4.78 is 0. The number of benzene rings is 1. The first-order valence-corrected chi connectivity index (χ1v) is 10.9. The van der Waals surface area contributed by atoms with Gasteiger partial charge in [-0.3, -0.25) is 9.59 Å². The molecule has 5 nitrogen and oxygen atoms in total. The fourth-order valence-electron chi connectivity index (χ4n) is 5.71. The SMILES string of the molecule is CN(C[C@@H]1CCCN2CCCC[C@H]12)C(=O)[C@@H]1CC(=O)N(C)[C@H]1c1ccccc1. The monoisotopic (exact) mass is 383 g/mol. The highest BCUT2D eigenvalue weighted by molar-refractivity contribution is 5.90. The molecule has 0 aromatic heterocycles. The second-order valence-corrected chi connectivity index (χ2v) is 8.89. The van der Waals surface area contributed by atoms with Crippen LogP contribution in [0.1, 0.15) is 50.1 Å². The van der Waals surface area contributed by atoms with Crippen LogP contribution in [0, 0.1) is 11.8 Å². The number of rotatable bonds is 4. The Kier molecular flexibility index (Phi) is 5.72. The van der Waals surface area contributed by atoms with E-state index >= 15 is 0 Å². The van der Waals surface area contributed by atoms with Gasteiger partial charge in [-0.15, -0.1) is 0 Å². The second kappa shape index (κ2) is 8.24. The lowest BCUT2D eigenvalue weighted by molar-refractivity contribution is -0.136. The van der Waals surface area contributed by atoms with Crippen LogP contribution in [-0.4, -0.2) is 66.3 Å². The molecule has 2 amide bonds. The molecule has 1 aromatic rings. The fraction of sp³-hybridized carbons (Fsp3) is 0.652. The lowest BCUT2D eigenvalue weighted by Gasteiger charge is -2.45. The van der Waals surface area contributed by atoms with Crippen molar-refractivity contribution in [3.05, 3.63) is 35.9 Å². The minimum atomic E-state index is -0.282. The summed E-state index contributed by atoms with van der Waals surface area (Å²) in [7, 11) is 3.77. The van der Waals surface area contributed by atoms with Crippen molar-refractivity contribution >= 4 is 11.8 Å². The zero-order valence-corrected chi connectivity index (χ0v) is 17.2. The van der Waals surface area contributed by atoms with Crippen molar-refractivity contribution in [2.75, 3.05) is 33.7 Å². The summed E-state index contributed by atoms with van der Waals surface area (Å²) in [4.78, 5) is 32.1. The Labute approximate surface area is 168 Å². The summed E-state index contributed by atoms with van der Waals surface area (Å²) in [6.45, 7) is 3.25. The molecule has 0 spiro atoms. The predicted octanol–water partition coefficient (Wildman–Crippen LogP) is 2.93. The highest BCUT2D eigenvalue weighted by Gasteiger charge is 2.44. The molecule has 0 saturated carbocycles. The zero-order chi connectivity index (χ0) is 19.7. The molecule has 0 N–H and O–H groups in total. The molecule has 0 radical (unpaired) electrons. The maximum Gasteiger partial charge on any atom is 0.228 e. The van der Waals surface area contributed by atoms with Gasteiger partial charge in [-0.2, -0.15) is 0 Å². The highest BCUT2D eigenvalue weighted by Crippen LogP contribution is 2.38. The van der Waals surface area contributed by atoms with E-state index in [1.165, 1.54) is 45.2 Å². The topological polar surface area (TPSA) is 43.9 Å². The van der Waals surface area contributed by atoms with Crippen molar-refractivity contribution in [3.63, 3.8) is 0 Å².